The molecule has 0 amide bonds. The van der Waals surface area contributed by atoms with E-state index in [1.807, 2.05) is 6.07 Å². The van der Waals surface area contributed by atoms with Crippen molar-refractivity contribution in [2.24, 2.45) is 0 Å². The van der Waals surface area contributed by atoms with Crippen molar-refractivity contribution in [3.05, 3.63) is 50.6 Å². The summed E-state index contributed by atoms with van der Waals surface area (Å²) in [6.07, 6.45) is 1.09. The molecule has 1 atom stereocenters. The van der Waals surface area contributed by atoms with Crippen LogP contribution in [0.5, 0.6) is 5.75 Å². The SMILES string of the molecule is Cc1cc(Br)cc(OC(CCN(C)C)c2ccsc2)c1. The molecule has 1 aromatic heterocycles. The van der Waals surface area contributed by atoms with Gasteiger partial charge in [0.15, 0.2) is 0 Å². The number of hydrogen-bond donors (Lipinski definition) is 0. The first-order valence-corrected chi connectivity index (χ1v) is 8.39. The molecule has 0 saturated heterocycles. The first kappa shape index (κ1) is 15.5. The van der Waals surface area contributed by atoms with Gasteiger partial charge in [-0.05, 0) is 61.6 Å². The zero-order chi connectivity index (χ0) is 14.5. The van der Waals surface area contributed by atoms with Crippen LogP contribution in [0.15, 0.2) is 39.5 Å². The number of rotatable bonds is 6. The molecule has 108 valence electrons. The minimum atomic E-state index is 0.109. The van der Waals surface area contributed by atoms with E-state index < -0.39 is 0 Å². The first-order valence-electron chi connectivity index (χ1n) is 6.65. The number of nitrogens with zero attached hydrogens (tertiary/aromatic N) is 1. The zero-order valence-corrected chi connectivity index (χ0v) is 14.5. The Morgan fingerprint density at radius 3 is 2.70 bits per heavy atom. The van der Waals surface area contributed by atoms with Gasteiger partial charge in [-0.25, -0.2) is 0 Å². The van der Waals surface area contributed by atoms with Crippen LogP contribution in [-0.2, 0) is 0 Å². The van der Waals surface area contributed by atoms with Crippen LogP contribution in [0, 0.1) is 6.92 Å². The van der Waals surface area contributed by atoms with Gasteiger partial charge in [0.25, 0.3) is 0 Å². The number of halogens is 1. The Kier molecular flexibility index (Phi) is 5.64. The van der Waals surface area contributed by atoms with Gasteiger partial charge in [-0.15, -0.1) is 0 Å². The summed E-state index contributed by atoms with van der Waals surface area (Å²) in [5, 5.41) is 4.28. The van der Waals surface area contributed by atoms with Gasteiger partial charge in [0.1, 0.15) is 11.9 Å². The molecule has 0 aliphatic heterocycles. The summed E-state index contributed by atoms with van der Waals surface area (Å²) < 4.78 is 7.28. The van der Waals surface area contributed by atoms with E-state index in [-0.39, 0.29) is 6.10 Å². The van der Waals surface area contributed by atoms with Gasteiger partial charge in [0, 0.05) is 23.0 Å². The van der Waals surface area contributed by atoms with Crippen molar-refractivity contribution in [1.29, 1.82) is 0 Å². The molecule has 2 nitrogen and oxygen atoms in total. The van der Waals surface area contributed by atoms with Crippen LogP contribution in [0.1, 0.15) is 23.7 Å². The van der Waals surface area contributed by atoms with Crippen molar-refractivity contribution < 1.29 is 4.74 Å². The van der Waals surface area contributed by atoms with E-state index in [2.05, 4.69) is 70.8 Å². The van der Waals surface area contributed by atoms with Crippen molar-refractivity contribution in [3.63, 3.8) is 0 Å². The largest absolute Gasteiger partial charge is 0.486 e. The Morgan fingerprint density at radius 2 is 2.10 bits per heavy atom. The summed E-state index contributed by atoms with van der Waals surface area (Å²) in [6.45, 7) is 3.09. The lowest BCUT2D eigenvalue weighted by Gasteiger charge is -2.21. The van der Waals surface area contributed by atoms with E-state index in [1.165, 1.54) is 11.1 Å². The van der Waals surface area contributed by atoms with Crippen molar-refractivity contribution >= 4 is 27.3 Å². The predicted octanol–water partition coefficient (Wildman–Crippen LogP) is 4.89. The smallest absolute Gasteiger partial charge is 0.126 e. The topological polar surface area (TPSA) is 12.5 Å². The summed E-state index contributed by atoms with van der Waals surface area (Å²) in [5.74, 6) is 0.923. The van der Waals surface area contributed by atoms with E-state index in [0.29, 0.717) is 0 Å². The average molecular weight is 354 g/mol. The fraction of sp³-hybridized carbons (Fsp3) is 0.375. The summed E-state index contributed by atoms with van der Waals surface area (Å²) >= 11 is 5.24. The molecule has 0 aliphatic rings. The quantitative estimate of drug-likeness (QED) is 0.732. The minimum Gasteiger partial charge on any atom is -0.486 e. The lowest BCUT2D eigenvalue weighted by atomic mass is 10.1. The molecule has 20 heavy (non-hydrogen) atoms. The van der Waals surface area contributed by atoms with Crippen molar-refractivity contribution in [2.75, 3.05) is 20.6 Å². The number of ether oxygens (including phenoxy) is 1. The van der Waals surface area contributed by atoms with Crippen LogP contribution in [0.4, 0.5) is 0 Å². The molecule has 0 saturated carbocycles. The normalized spacial score (nSPS) is 12.7. The van der Waals surface area contributed by atoms with Gasteiger partial charge in [0.05, 0.1) is 0 Å². The molecule has 0 bridgehead atoms. The highest BCUT2D eigenvalue weighted by atomic mass is 79.9. The van der Waals surface area contributed by atoms with Gasteiger partial charge in [-0.2, -0.15) is 11.3 Å². The van der Waals surface area contributed by atoms with Crippen molar-refractivity contribution in [1.82, 2.24) is 4.90 Å². The fourth-order valence-corrected chi connectivity index (χ4v) is 3.35. The van der Waals surface area contributed by atoms with Gasteiger partial charge in [-0.3, -0.25) is 0 Å². The molecule has 2 rings (SSSR count). The molecule has 4 heteroatoms. The van der Waals surface area contributed by atoms with Crippen LogP contribution in [-0.4, -0.2) is 25.5 Å². The molecule has 1 aromatic carbocycles. The third kappa shape index (κ3) is 4.62. The zero-order valence-electron chi connectivity index (χ0n) is 12.1. The Bertz CT molecular complexity index is 519. The Balaban J connectivity index is 2.14. The third-order valence-electron chi connectivity index (χ3n) is 3.05. The van der Waals surface area contributed by atoms with Crippen LogP contribution in [0.2, 0.25) is 0 Å². The van der Waals surface area contributed by atoms with E-state index in [9.17, 15) is 0 Å². The molecule has 0 spiro atoms. The average Bonchev–Trinajstić information content (AvgIpc) is 2.86. The molecule has 0 aliphatic carbocycles. The highest BCUT2D eigenvalue weighted by Gasteiger charge is 2.15. The maximum absolute atomic E-state index is 6.22. The number of aryl methyl sites for hydroxylation is 1. The number of thiophene rings is 1. The Morgan fingerprint density at radius 1 is 1.30 bits per heavy atom. The predicted molar refractivity (Wildman–Crippen MR) is 89.7 cm³/mol. The second-order valence-electron chi connectivity index (χ2n) is 5.22. The van der Waals surface area contributed by atoms with Gasteiger partial charge in [0.2, 0.25) is 0 Å². The number of benzene rings is 1. The highest BCUT2D eigenvalue weighted by molar-refractivity contribution is 9.10. The summed E-state index contributed by atoms with van der Waals surface area (Å²) in [5.41, 5.74) is 2.46. The molecular formula is C16H20BrNOS. The monoisotopic (exact) mass is 353 g/mol. The molecule has 0 fully saturated rings. The minimum absolute atomic E-state index is 0.109. The standard InChI is InChI=1S/C16H20BrNOS/c1-12-8-14(17)10-15(9-12)19-16(4-6-18(2)3)13-5-7-20-11-13/h5,7-11,16H,4,6H2,1-3H3. The second kappa shape index (κ2) is 7.25. The van der Waals surface area contributed by atoms with Gasteiger partial charge in [-0.1, -0.05) is 15.9 Å². The van der Waals surface area contributed by atoms with E-state index in [1.54, 1.807) is 11.3 Å². The van der Waals surface area contributed by atoms with Crippen LogP contribution >= 0.6 is 27.3 Å². The maximum Gasteiger partial charge on any atom is 0.126 e. The lowest BCUT2D eigenvalue weighted by molar-refractivity contribution is 0.180. The Hall–Kier alpha value is -0.840. The van der Waals surface area contributed by atoms with E-state index >= 15 is 0 Å². The van der Waals surface area contributed by atoms with E-state index in [0.717, 1.165) is 23.2 Å². The second-order valence-corrected chi connectivity index (χ2v) is 6.92. The van der Waals surface area contributed by atoms with Crippen LogP contribution < -0.4 is 4.74 Å². The van der Waals surface area contributed by atoms with E-state index in [4.69, 9.17) is 4.74 Å². The number of hydrogen-bond acceptors (Lipinski definition) is 3. The van der Waals surface area contributed by atoms with Gasteiger partial charge >= 0.3 is 0 Å². The fourth-order valence-electron chi connectivity index (χ4n) is 2.06. The lowest BCUT2D eigenvalue weighted by Crippen LogP contribution is -2.18. The first-order chi connectivity index (χ1) is 9.54. The maximum atomic E-state index is 6.22. The summed E-state index contributed by atoms with van der Waals surface area (Å²) in [4.78, 5) is 2.19. The summed E-state index contributed by atoms with van der Waals surface area (Å²) in [6, 6.07) is 8.35. The molecular weight excluding hydrogens is 334 g/mol. The van der Waals surface area contributed by atoms with Gasteiger partial charge < -0.3 is 9.64 Å². The highest BCUT2D eigenvalue weighted by Crippen LogP contribution is 2.29. The third-order valence-corrected chi connectivity index (χ3v) is 4.21. The molecule has 0 N–H and O–H groups in total. The van der Waals surface area contributed by atoms with Crippen molar-refractivity contribution in [3.8, 4) is 5.75 Å². The molecule has 1 unspecified atom stereocenters. The molecule has 0 radical (unpaired) electrons. The summed E-state index contributed by atoms with van der Waals surface area (Å²) in [7, 11) is 4.18. The Labute approximate surface area is 133 Å². The van der Waals surface area contributed by atoms with Crippen LogP contribution in [0.3, 0.4) is 0 Å². The van der Waals surface area contributed by atoms with Crippen LogP contribution in [0.25, 0.3) is 0 Å². The molecule has 1 heterocycles. The molecule has 2 aromatic rings. The van der Waals surface area contributed by atoms with Crippen molar-refractivity contribution in [2.45, 2.75) is 19.4 Å².